The molecule has 0 fully saturated rings. The molecule has 1 aromatic carbocycles. The molecule has 0 radical (unpaired) electrons. The van der Waals surface area contributed by atoms with Crippen molar-refractivity contribution in [1.29, 1.82) is 0 Å². The zero-order chi connectivity index (χ0) is 15.9. The Kier molecular flexibility index (Phi) is 6.33. The average molecular weight is 294 g/mol. The van der Waals surface area contributed by atoms with Crippen molar-refractivity contribution >= 4 is 17.5 Å². The van der Waals surface area contributed by atoms with Crippen molar-refractivity contribution in [2.75, 3.05) is 18.5 Å². The molecule has 116 valence electrons. The van der Waals surface area contributed by atoms with Crippen LogP contribution in [0.4, 0.5) is 5.69 Å². The third-order valence-electron chi connectivity index (χ3n) is 3.33. The summed E-state index contributed by atoms with van der Waals surface area (Å²) in [6.07, 6.45) is 0.579. The standard InChI is InChI=1S/C15H22N2O4/c1-3-15(9-18,10-19)17-14(21)8-12-4-6-13(7-5-12)16-11(2)20/h4-7,18-19H,3,8-10H2,1-2H3,(H,16,20)(H,17,21). The fourth-order valence-corrected chi connectivity index (χ4v) is 1.88. The average Bonchev–Trinajstić information content (AvgIpc) is 2.46. The van der Waals surface area contributed by atoms with Crippen molar-refractivity contribution in [3.05, 3.63) is 29.8 Å². The van der Waals surface area contributed by atoms with Crippen molar-refractivity contribution in [3.63, 3.8) is 0 Å². The fraction of sp³-hybridized carbons (Fsp3) is 0.467. The van der Waals surface area contributed by atoms with Gasteiger partial charge in [-0.3, -0.25) is 9.59 Å². The molecule has 4 N–H and O–H groups in total. The van der Waals surface area contributed by atoms with E-state index in [4.69, 9.17) is 0 Å². The summed E-state index contributed by atoms with van der Waals surface area (Å²) in [5.41, 5.74) is 0.468. The molecule has 6 nitrogen and oxygen atoms in total. The topological polar surface area (TPSA) is 98.7 Å². The van der Waals surface area contributed by atoms with Crippen molar-refractivity contribution in [3.8, 4) is 0 Å². The van der Waals surface area contributed by atoms with Crippen molar-refractivity contribution < 1.29 is 19.8 Å². The minimum Gasteiger partial charge on any atom is -0.394 e. The zero-order valence-corrected chi connectivity index (χ0v) is 12.3. The Bertz CT molecular complexity index is 473. The van der Waals surface area contributed by atoms with E-state index < -0.39 is 5.54 Å². The SMILES string of the molecule is CCC(CO)(CO)NC(=O)Cc1ccc(NC(C)=O)cc1. The summed E-state index contributed by atoms with van der Waals surface area (Å²) in [7, 11) is 0. The first-order chi connectivity index (χ1) is 9.94. The summed E-state index contributed by atoms with van der Waals surface area (Å²) >= 11 is 0. The molecule has 0 spiro atoms. The van der Waals surface area contributed by atoms with E-state index >= 15 is 0 Å². The number of amides is 2. The summed E-state index contributed by atoms with van der Waals surface area (Å²) < 4.78 is 0. The zero-order valence-electron chi connectivity index (χ0n) is 12.3. The summed E-state index contributed by atoms with van der Waals surface area (Å²) in [5, 5.41) is 23.9. The van der Waals surface area contributed by atoms with Crippen molar-refractivity contribution in [1.82, 2.24) is 5.32 Å². The number of carbonyl (C=O) groups excluding carboxylic acids is 2. The van der Waals surface area contributed by atoms with Crippen LogP contribution in [0.25, 0.3) is 0 Å². The van der Waals surface area contributed by atoms with E-state index in [0.717, 1.165) is 5.56 Å². The lowest BCUT2D eigenvalue weighted by Crippen LogP contribution is -2.54. The van der Waals surface area contributed by atoms with Gasteiger partial charge in [0, 0.05) is 12.6 Å². The molecule has 0 bridgehead atoms. The van der Waals surface area contributed by atoms with Gasteiger partial charge in [-0.1, -0.05) is 19.1 Å². The van der Waals surface area contributed by atoms with Gasteiger partial charge < -0.3 is 20.8 Å². The third-order valence-corrected chi connectivity index (χ3v) is 3.33. The smallest absolute Gasteiger partial charge is 0.225 e. The van der Waals surface area contributed by atoms with Crippen LogP contribution in [-0.2, 0) is 16.0 Å². The maximum Gasteiger partial charge on any atom is 0.225 e. The van der Waals surface area contributed by atoms with Gasteiger partial charge >= 0.3 is 0 Å². The molecule has 0 heterocycles. The lowest BCUT2D eigenvalue weighted by Gasteiger charge is -2.29. The van der Waals surface area contributed by atoms with Crippen molar-refractivity contribution in [2.24, 2.45) is 0 Å². The van der Waals surface area contributed by atoms with E-state index in [9.17, 15) is 19.8 Å². The molecule has 0 aliphatic carbocycles. The molecule has 0 aliphatic heterocycles. The minimum atomic E-state index is -0.979. The Balaban J connectivity index is 2.64. The van der Waals surface area contributed by atoms with Gasteiger partial charge in [-0.2, -0.15) is 0 Å². The van der Waals surface area contributed by atoms with E-state index in [1.54, 1.807) is 31.2 Å². The molecule has 2 amide bonds. The number of anilines is 1. The number of aliphatic hydroxyl groups excluding tert-OH is 2. The molecular formula is C15H22N2O4. The normalized spacial score (nSPS) is 11.0. The predicted molar refractivity (Wildman–Crippen MR) is 79.8 cm³/mol. The number of aliphatic hydroxyl groups is 2. The van der Waals surface area contributed by atoms with Gasteiger partial charge in [0.25, 0.3) is 0 Å². The highest BCUT2D eigenvalue weighted by Crippen LogP contribution is 2.12. The van der Waals surface area contributed by atoms with Crippen LogP contribution in [0.1, 0.15) is 25.8 Å². The first-order valence-electron chi connectivity index (χ1n) is 6.84. The monoisotopic (exact) mass is 294 g/mol. The highest BCUT2D eigenvalue weighted by molar-refractivity contribution is 5.88. The van der Waals surface area contributed by atoms with Gasteiger partial charge in [-0.15, -0.1) is 0 Å². The molecule has 21 heavy (non-hydrogen) atoms. The van der Waals surface area contributed by atoms with E-state index in [1.807, 2.05) is 0 Å². The van der Waals surface area contributed by atoms with Crippen LogP contribution >= 0.6 is 0 Å². The maximum absolute atomic E-state index is 12.0. The minimum absolute atomic E-state index is 0.141. The Morgan fingerprint density at radius 2 is 1.71 bits per heavy atom. The lowest BCUT2D eigenvalue weighted by atomic mass is 9.98. The molecule has 0 unspecified atom stereocenters. The number of nitrogens with one attached hydrogen (secondary N) is 2. The number of hydrogen-bond acceptors (Lipinski definition) is 4. The predicted octanol–water partition coefficient (Wildman–Crippen LogP) is 0.437. The van der Waals surface area contributed by atoms with Crippen LogP contribution in [0, 0.1) is 0 Å². The van der Waals surface area contributed by atoms with Gasteiger partial charge in [-0.25, -0.2) is 0 Å². The third kappa shape index (κ3) is 5.17. The Hall–Kier alpha value is -1.92. The molecular weight excluding hydrogens is 272 g/mol. The molecule has 0 saturated carbocycles. The first-order valence-corrected chi connectivity index (χ1v) is 6.84. The Labute approximate surface area is 124 Å². The molecule has 6 heteroatoms. The Morgan fingerprint density at radius 3 is 2.14 bits per heavy atom. The molecule has 0 atom stereocenters. The maximum atomic E-state index is 12.0. The number of benzene rings is 1. The molecule has 1 aromatic rings. The summed E-state index contributed by atoms with van der Waals surface area (Å²) in [6, 6.07) is 6.93. The van der Waals surface area contributed by atoms with Gasteiger partial charge in [0.05, 0.1) is 25.2 Å². The van der Waals surface area contributed by atoms with Gasteiger partial charge in [0.2, 0.25) is 11.8 Å². The van der Waals surface area contributed by atoms with Crippen LogP contribution in [0.2, 0.25) is 0 Å². The van der Waals surface area contributed by atoms with Gasteiger partial charge in [-0.05, 0) is 24.1 Å². The first kappa shape index (κ1) is 17.1. The quantitative estimate of drug-likeness (QED) is 0.586. The molecule has 0 aromatic heterocycles. The van der Waals surface area contributed by atoms with Gasteiger partial charge in [0.15, 0.2) is 0 Å². The van der Waals surface area contributed by atoms with Crippen LogP contribution in [0.15, 0.2) is 24.3 Å². The van der Waals surface area contributed by atoms with E-state index in [0.29, 0.717) is 12.1 Å². The fourth-order valence-electron chi connectivity index (χ4n) is 1.88. The van der Waals surface area contributed by atoms with E-state index in [1.165, 1.54) is 6.92 Å². The largest absolute Gasteiger partial charge is 0.394 e. The van der Waals surface area contributed by atoms with Crippen LogP contribution in [-0.4, -0.2) is 40.8 Å². The van der Waals surface area contributed by atoms with E-state index in [2.05, 4.69) is 10.6 Å². The van der Waals surface area contributed by atoms with Crippen LogP contribution in [0.3, 0.4) is 0 Å². The lowest BCUT2D eigenvalue weighted by molar-refractivity contribution is -0.123. The number of rotatable bonds is 7. The highest BCUT2D eigenvalue weighted by Gasteiger charge is 2.28. The van der Waals surface area contributed by atoms with Gasteiger partial charge in [0.1, 0.15) is 0 Å². The molecule has 1 rings (SSSR count). The van der Waals surface area contributed by atoms with Crippen molar-refractivity contribution in [2.45, 2.75) is 32.2 Å². The highest BCUT2D eigenvalue weighted by atomic mass is 16.3. The van der Waals surface area contributed by atoms with Crippen LogP contribution < -0.4 is 10.6 Å². The van der Waals surface area contributed by atoms with E-state index in [-0.39, 0.29) is 31.4 Å². The number of hydrogen-bond donors (Lipinski definition) is 4. The summed E-state index contributed by atoms with van der Waals surface area (Å²) in [6.45, 7) is 2.59. The number of carbonyl (C=O) groups is 2. The Morgan fingerprint density at radius 1 is 1.14 bits per heavy atom. The summed E-state index contributed by atoms with van der Waals surface area (Å²) in [4.78, 5) is 22.9. The second kappa shape index (κ2) is 7.75. The molecule has 0 saturated heterocycles. The molecule has 0 aliphatic rings. The second-order valence-corrected chi connectivity index (χ2v) is 5.05. The summed E-state index contributed by atoms with van der Waals surface area (Å²) in [5.74, 6) is -0.425. The second-order valence-electron chi connectivity index (χ2n) is 5.05. The van der Waals surface area contributed by atoms with Crippen LogP contribution in [0.5, 0.6) is 0 Å².